The van der Waals surface area contributed by atoms with Crippen molar-refractivity contribution in [2.24, 2.45) is 11.3 Å². The van der Waals surface area contributed by atoms with Crippen molar-refractivity contribution in [2.75, 3.05) is 0 Å². The zero-order valence-corrected chi connectivity index (χ0v) is 8.94. The molecule has 0 N–H and O–H groups in total. The van der Waals surface area contributed by atoms with E-state index in [9.17, 15) is 4.79 Å². The van der Waals surface area contributed by atoms with Gasteiger partial charge in [0.25, 0.3) is 0 Å². The van der Waals surface area contributed by atoms with E-state index >= 15 is 0 Å². The van der Waals surface area contributed by atoms with Crippen LogP contribution in [-0.2, 0) is 4.79 Å². The van der Waals surface area contributed by atoms with E-state index in [0.29, 0.717) is 11.7 Å². The molecule has 0 aromatic rings. The molecular formula is C9H15BrO. The maximum absolute atomic E-state index is 11.4. The van der Waals surface area contributed by atoms with E-state index in [1.807, 2.05) is 0 Å². The Hall–Kier alpha value is 0.150. The fourth-order valence-electron chi connectivity index (χ4n) is 1.96. The fraction of sp³-hybridized carbons (Fsp3) is 0.889. The van der Waals surface area contributed by atoms with Gasteiger partial charge in [0.1, 0.15) is 5.78 Å². The Kier molecular flexibility index (Phi) is 2.43. The summed E-state index contributed by atoms with van der Waals surface area (Å²) in [6.07, 6.45) is 1.90. The van der Waals surface area contributed by atoms with Gasteiger partial charge in [-0.1, -0.05) is 36.7 Å². The highest BCUT2D eigenvalue weighted by molar-refractivity contribution is 9.10. The second-order valence-electron chi connectivity index (χ2n) is 4.33. The second kappa shape index (κ2) is 2.89. The van der Waals surface area contributed by atoms with E-state index in [-0.39, 0.29) is 10.2 Å². The maximum atomic E-state index is 11.4. The number of alkyl halides is 1. The molecule has 2 heteroatoms. The number of ketones is 1. The summed E-state index contributed by atoms with van der Waals surface area (Å²) in [5.74, 6) is 0.931. The Labute approximate surface area is 76.7 Å². The highest BCUT2D eigenvalue weighted by atomic mass is 79.9. The van der Waals surface area contributed by atoms with Gasteiger partial charge in [-0.2, -0.15) is 0 Å². The third-order valence-electron chi connectivity index (χ3n) is 2.39. The number of halogens is 1. The van der Waals surface area contributed by atoms with E-state index in [1.54, 1.807) is 0 Å². The van der Waals surface area contributed by atoms with Gasteiger partial charge in [-0.15, -0.1) is 0 Å². The largest absolute Gasteiger partial charge is 0.298 e. The molecule has 1 aliphatic carbocycles. The molecule has 0 heterocycles. The minimum Gasteiger partial charge on any atom is -0.298 e. The first-order valence-corrected chi connectivity index (χ1v) is 5.02. The van der Waals surface area contributed by atoms with E-state index in [2.05, 4.69) is 36.7 Å². The lowest BCUT2D eigenvalue weighted by atomic mass is 9.72. The molecule has 0 saturated heterocycles. The number of rotatable bonds is 0. The number of hydrogen-bond donors (Lipinski definition) is 0. The molecule has 1 saturated carbocycles. The van der Waals surface area contributed by atoms with Crippen LogP contribution in [0.25, 0.3) is 0 Å². The van der Waals surface area contributed by atoms with Crippen molar-refractivity contribution in [3.63, 3.8) is 0 Å². The van der Waals surface area contributed by atoms with Gasteiger partial charge >= 0.3 is 0 Å². The van der Waals surface area contributed by atoms with Gasteiger partial charge in [-0.05, 0) is 17.8 Å². The summed E-state index contributed by atoms with van der Waals surface area (Å²) in [6.45, 7) is 6.46. The molecule has 0 unspecified atom stereocenters. The molecule has 1 rings (SSSR count). The molecule has 1 fully saturated rings. The van der Waals surface area contributed by atoms with Crippen LogP contribution in [0, 0.1) is 11.3 Å². The van der Waals surface area contributed by atoms with Gasteiger partial charge in [-0.25, -0.2) is 0 Å². The fourth-order valence-corrected chi connectivity index (χ4v) is 2.33. The number of carbonyl (C=O) groups excluding carboxylic acids is 1. The molecule has 64 valence electrons. The molecule has 0 aliphatic heterocycles. The zero-order valence-electron chi connectivity index (χ0n) is 7.36. The molecule has 1 aliphatic rings. The third kappa shape index (κ3) is 1.84. The summed E-state index contributed by atoms with van der Waals surface area (Å²) in [5, 5.41) is 0. The topological polar surface area (TPSA) is 17.1 Å². The Balaban J connectivity index is 2.75. The first kappa shape index (κ1) is 9.24. The third-order valence-corrected chi connectivity index (χ3v) is 4.14. The number of hydrogen-bond acceptors (Lipinski definition) is 1. The maximum Gasteiger partial charge on any atom is 0.147 e. The summed E-state index contributed by atoms with van der Waals surface area (Å²) in [5.41, 5.74) is 0.148. The molecule has 2 atom stereocenters. The number of carbonyl (C=O) groups is 1. The highest BCUT2D eigenvalue weighted by Gasteiger charge is 2.38. The standard InChI is InChI=1S/C9H15BrO/c1-6-4-7(11)8(10)9(2,3)5-6/h6,8H,4-5H2,1-3H3/t6-,8+/m0/s1. The quantitative estimate of drug-likeness (QED) is 0.572. The monoisotopic (exact) mass is 218 g/mol. The van der Waals surface area contributed by atoms with Gasteiger partial charge in [0.05, 0.1) is 4.83 Å². The Morgan fingerprint density at radius 2 is 2.09 bits per heavy atom. The molecular weight excluding hydrogens is 204 g/mol. The summed E-state index contributed by atoms with van der Waals surface area (Å²) >= 11 is 3.45. The van der Waals surface area contributed by atoms with Crippen molar-refractivity contribution in [3.05, 3.63) is 0 Å². The van der Waals surface area contributed by atoms with Gasteiger partial charge in [-0.3, -0.25) is 4.79 Å². The lowest BCUT2D eigenvalue weighted by molar-refractivity contribution is -0.123. The lowest BCUT2D eigenvalue weighted by Crippen LogP contribution is -2.38. The highest BCUT2D eigenvalue weighted by Crippen LogP contribution is 2.40. The van der Waals surface area contributed by atoms with Crippen LogP contribution in [0.3, 0.4) is 0 Å². The number of Topliss-reactive ketones (excluding diaryl/α,β-unsaturated/α-hetero) is 1. The van der Waals surface area contributed by atoms with Gasteiger partial charge in [0.15, 0.2) is 0 Å². The summed E-state index contributed by atoms with van der Waals surface area (Å²) in [6, 6.07) is 0. The normalized spacial score (nSPS) is 37.3. The van der Waals surface area contributed by atoms with Crippen molar-refractivity contribution in [1.29, 1.82) is 0 Å². The predicted octanol–water partition coefficient (Wildman–Crippen LogP) is 2.78. The van der Waals surface area contributed by atoms with Crippen LogP contribution in [0.5, 0.6) is 0 Å². The van der Waals surface area contributed by atoms with Crippen LogP contribution in [0.2, 0.25) is 0 Å². The van der Waals surface area contributed by atoms with Gasteiger partial charge < -0.3 is 0 Å². The SMILES string of the molecule is C[C@H]1CC(=O)[C@@H](Br)C(C)(C)C1. The van der Waals surface area contributed by atoms with E-state index < -0.39 is 0 Å². The van der Waals surface area contributed by atoms with E-state index in [1.165, 1.54) is 0 Å². The van der Waals surface area contributed by atoms with Gasteiger partial charge in [0.2, 0.25) is 0 Å². The van der Waals surface area contributed by atoms with Crippen molar-refractivity contribution in [1.82, 2.24) is 0 Å². The van der Waals surface area contributed by atoms with Crippen LogP contribution in [0.1, 0.15) is 33.6 Å². The molecule has 0 radical (unpaired) electrons. The minimum absolute atomic E-state index is 0.0752. The van der Waals surface area contributed by atoms with Crippen molar-refractivity contribution in [3.8, 4) is 0 Å². The van der Waals surface area contributed by atoms with Crippen molar-refractivity contribution in [2.45, 2.75) is 38.4 Å². The Bertz CT molecular complexity index is 174. The van der Waals surface area contributed by atoms with Crippen LogP contribution in [-0.4, -0.2) is 10.6 Å². The molecule has 0 bridgehead atoms. The van der Waals surface area contributed by atoms with Gasteiger partial charge in [0, 0.05) is 6.42 Å². The first-order valence-electron chi connectivity index (χ1n) is 4.10. The summed E-state index contributed by atoms with van der Waals surface area (Å²) in [7, 11) is 0. The van der Waals surface area contributed by atoms with E-state index in [4.69, 9.17) is 0 Å². The first-order chi connectivity index (χ1) is 4.93. The Morgan fingerprint density at radius 3 is 2.55 bits per heavy atom. The van der Waals surface area contributed by atoms with Crippen molar-refractivity contribution < 1.29 is 4.79 Å². The van der Waals surface area contributed by atoms with Crippen LogP contribution in [0.4, 0.5) is 0 Å². The average molecular weight is 219 g/mol. The Morgan fingerprint density at radius 1 is 1.55 bits per heavy atom. The molecule has 1 nitrogen and oxygen atoms in total. The lowest BCUT2D eigenvalue weighted by Gasteiger charge is -2.37. The molecule has 0 aromatic carbocycles. The average Bonchev–Trinajstić information content (AvgIpc) is 1.81. The second-order valence-corrected chi connectivity index (χ2v) is 5.25. The minimum atomic E-state index is 0.0752. The predicted molar refractivity (Wildman–Crippen MR) is 49.9 cm³/mol. The molecule has 0 aromatic heterocycles. The van der Waals surface area contributed by atoms with E-state index in [0.717, 1.165) is 12.8 Å². The molecule has 11 heavy (non-hydrogen) atoms. The summed E-state index contributed by atoms with van der Waals surface area (Å²) < 4.78 is 0. The molecule has 0 amide bonds. The summed E-state index contributed by atoms with van der Waals surface area (Å²) in [4.78, 5) is 11.4. The zero-order chi connectivity index (χ0) is 8.65. The van der Waals surface area contributed by atoms with Crippen LogP contribution in [0.15, 0.2) is 0 Å². The van der Waals surface area contributed by atoms with Crippen molar-refractivity contribution >= 4 is 21.7 Å². The smallest absolute Gasteiger partial charge is 0.147 e. The van der Waals surface area contributed by atoms with Crippen LogP contribution < -0.4 is 0 Å². The molecule has 0 spiro atoms. The van der Waals surface area contributed by atoms with Crippen LogP contribution >= 0.6 is 15.9 Å².